The third kappa shape index (κ3) is 5.09. The van der Waals surface area contributed by atoms with E-state index in [1.54, 1.807) is 24.5 Å². The van der Waals surface area contributed by atoms with Gasteiger partial charge >= 0.3 is 12.2 Å². The van der Waals surface area contributed by atoms with Gasteiger partial charge in [-0.1, -0.05) is 25.1 Å². The van der Waals surface area contributed by atoms with Crippen LogP contribution in [0.25, 0.3) is 11.4 Å². The molecule has 7 nitrogen and oxygen atoms in total. The second kappa shape index (κ2) is 8.29. The fourth-order valence-corrected chi connectivity index (χ4v) is 2.57. The molecule has 0 aliphatic carbocycles. The quantitative estimate of drug-likeness (QED) is 0.644. The van der Waals surface area contributed by atoms with Crippen LogP contribution in [0.15, 0.2) is 53.3 Å². The monoisotopic (exact) mass is 405 g/mol. The van der Waals surface area contributed by atoms with Crippen LogP contribution in [0.3, 0.4) is 0 Å². The number of carbonyl (C=O) groups is 1. The van der Waals surface area contributed by atoms with E-state index in [0.29, 0.717) is 11.4 Å². The predicted octanol–water partition coefficient (Wildman–Crippen LogP) is 4.67. The van der Waals surface area contributed by atoms with E-state index in [1.807, 2.05) is 13.8 Å². The van der Waals surface area contributed by atoms with Gasteiger partial charge in [-0.2, -0.15) is 18.2 Å². The van der Waals surface area contributed by atoms with Crippen LogP contribution in [0.2, 0.25) is 0 Å². The number of halogens is 3. The normalized spacial score (nSPS) is 12.6. The van der Waals surface area contributed by atoms with Gasteiger partial charge in [0.2, 0.25) is 11.7 Å². The van der Waals surface area contributed by atoms with E-state index in [9.17, 15) is 18.0 Å². The molecule has 0 saturated carbocycles. The number of carbonyl (C=O) groups excluding carboxylic acids is 1. The molecule has 0 saturated heterocycles. The average molecular weight is 405 g/mol. The van der Waals surface area contributed by atoms with Crippen molar-refractivity contribution in [2.24, 2.45) is 5.92 Å². The lowest BCUT2D eigenvalue weighted by Crippen LogP contribution is -2.35. The third-order valence-electron chi connectivity index (χ3n) is 4.03. The lowest BCUT2D eigenvalue weighted by atomic mass is 10.0. The van der Waals surface area contributed by atoms with Gasteiger partial charge in [0.25, 0.3) is 0 Å². The Morgan fingerprint density at radius 1 is 1.17 bits per heavy atom. The second-order valence-electron chi connectivity index (χ2n) is 6.60. The first-order chi connectivity index (χ1) is 13.7. The van der Waals surface area contributed by atoms with E-state index in [-0.39, 0.29) is 17.5 Å². The number of anilines is 1. The highest BCUT2D eigenvalue weighted by molar-refractivity contribution is 5.89. The molecule has 3 aromatic rings. The molecule has 0 aliphatic rings. The molecule has 0 radical (unpaired) electrons. The zero-order valence-corrected chi connectivity index (χ0v) is 15.6. The van der Waals surface area contributed by atoms with Gasteiger partial charge in [0, 0.05) is 23.6 Å². The largest absolute Gasteiger partial charge is 0.416 e. The standard InChI is InChI=1S/C19H18F3N5O2/c1-11(2)15(17-26-16(27-29-17)12-5-4-8-23-10-12)25-18(28)24-14-7-3-6-13(9-14)19(20,21)22/h3-11,15H,1-2H3,(H2,24,25,28)/t15-/m1/s1. The summed E-state index contributed by atoms with van der Waals surface area (Å²) in [5.41, 5.74) is -0.187. The number of hydrogen-bond donors (Lipinski definition) is 2. The Labute approximate surface area is 164 Å². The van der Waals surface area contributed by atoms with Crippen molar-refractivity contribution in [3.05, 3.63) is 60.2 Å². The lowest BCUT2D eigenvalue weighted by Gasteiger charge is -2.19. The lowest BCUT2D eigenvalue weighted by molar-refractivity contribution is -0.137. The summed E-state index contributed by atoms with van der Waals surface area (Å²) in [5, 5.41) is 8.96. The van der Waals surface area contributed by atoms with Gasteiger partial charge in [0.1, 0.15) is 6.04 Å². The van der Waals surface area contributed by atoms with Gasteiger partial charge in [0.15, 0.2) is 0 Å². The predicted molar refractivity (Wildman–Crippen MR) is 98.7 cm³/mol. The van der Waals surface area contributed by atoms with Crippen LogP contribution in [0.5, 0.6) is 0 Å². The fraction of sp³-hybridized carbons (Fsp3) is 0.263. The maximum atomic E-state index is 12.8. The number of amides is 2. The zero-order chi connectivity index (χ0) is 21.0. The molecule has 1 aromatic carbocycles. The Bertz CT molecular complexity index is 973. The number of aromatic nitrogens is 3. The molecule has 0 bridgehead atoms. The smallest absolute Gasteiger partial charge is 0.337 e. The summed E-state index contributed by atoms with van der Waals surface area (Å²) in [6, 6.07) is 6.53. The summed E-state index contributed by atoms with van der Waals surface area (Å²) in [5.74, 6) is 0.376. The van der Waals surface area contributed by atoms with Crippen molar-refractivity contribution in [1.29, 1.82) is 0 Å². The Morgan fingerprint density at radius 2 is 1.97 bits per heavy atom. The Kier molecular flexibility index (Phi) is 5.81. The van der Waals surface area contributed by atoms with Crippen LogP contribution < -0.4 is 10.6 Å². The maximum Gasteiger partial charge on any atom is 0.416 e. The van der Waals surface area contributed by atoms with Crippen molar-refractivity contribution in [1.82, 2.24) is 20.4 Å². The van der Waals surface area contributed by atoms with E-state index < -0.39 is 23.8 Å². The van der Waals surface area contributed by atoms with Crippen molar-refractivity contribution in [2.45, 2.75) is 26.1 Å². The molecule has 2 aromatic heterocycles. The average Bonchev–Trinajstić information content (AvgIpc) is 3.16. The molecular weight excluding hydrogens is 387 g/mol. The number of rotatable bonds is 5. The highest BCUT2D eigenvalue weighted by Gasteiger charge is 2.31. The summed E-state index contributed by atoms with van der Waals surface area (Å²) < 4.78 is 43.8. The Hall–Kier alpha value is -3.43. The number of nitrogens with zero attached hydrogens (tertiary/aromatic N) is 3. The molecular formula is C19H18F3N5O2. The first-order valence-electron chi connectivity index (χ1n) is 8.73. The molecule has 3 rings (SSSR count). The number of urea groups is 1. The number of pyridine rings is 1. The van der Waals surface area contributed by atoms with E-state index in [0.717, 1.165) is 12.1 Å². The molecule has 2 heterocycles. The molecule has 152 valence electrons. The first kappa shape index (κ1) is 20.3. The summed E-state index contributed by atoms with van der Waals surface area (Å²) in [4.78, 5) is 20.6. The topological polar surface area (TPSA) is 92.9 Å². The minimum Gasteiger partial charge on any atom is -0.337 e. The molecule has 10 heteroatoms. The van der Waals surface area contributed by atoms with E-state index >= 15 is 0 Å². The third-order valence-corrected chi connectivity index (χ3v) is 4.03. The fourth-order valence-electron chi connectivity index (χ4n) is 2.57. The van der Waals surface area contributed by atoms with Gasteiger partial charge in [-0.15, -0.1) is 0 Å². The van der Waals surface area contributed by atoms with Crippen molar-refractivity contribution < 1.29 is 22.5 Å². The molecule has 0 spiro atoms. The summed E-state index contributed by atoms with van der Waals surface area (Å²) in [6.45, 7) is 3.67. The number of nitrogens with one attached hydrogen (secondary N) is 2. The Morgan fingerprint density at radius 3 is 2.62 bits per heavy atom. The Balaban J connectivity index is 1.73. The molecule has 2 N–H and O–H groups in total. The SMILES string of the molecule is CC(C)[C@@H](NC(=O)Nc1cccc(C(F)(F)F)c1)c1nc(-c2cccnc2)no1. The van der Waals surface area contributed by atoms with Crippen LogP contribution in [0, 0.1) is 5.92 Å². The van der Waals surface area contributed by atoms with Crippen molar-refractivity contribution in [3.8, 4) is 11.4 Å². The van der Waals surface area contributed by atoms with E-state index in [1.165, 1.54) is 12.1 Å². The summed E-state index contributed by atoms with van der Waals surface area (Å²) >= 11 is 0. The van der Waals surface area contributed by atoms with Crippen LogP contribution >= 0.6 is 0 Å². The molecule has 29 heavy (non-hydrogen) atoms. The summed E-state index contributed by atoms with van der Waals surface area (Å²) in [6.07, 6.45) is -1.31. The van der Waals surface area contributed by atoms with Crippen molar-refractivity contribution in [2.75, 3.05) is 5.32 Å². The van der Waals surface area contributed by atoms with Crippen LogP contribution in [-0.4, -0.2) is 21.2 Å². The van der Waals surface area contributed by atoms with Crippen LogP contribution in [0.1, 0.15) is 31.3 Å². The van der Waals surface area contributed by atoms with Gasteiger partial charge < -0.3 is 15.2 Å². The highest BCUT2D eigenvalue weighted by Crippen LogP contribution is 2.30. The molecule has 2 amide bonds. The second-order valence-corrected chi connectivity index (χ2v) is 6.60. The summed E-state index contributed by atoms with van der Waals surface area (Å²) in [7, 11) is 0. The number of alkyl halides is 3. The van der Waals surface area contributed by atoms with Crippen LogP contribution in [-0.2, 0) is 6.18 Å². The molecule has 1 atom stereocenters. The number of hydrogen-bond acceptors (Lipinski definition) is 5. The van der Waals surface area contributed by atoms with E-state index in [2.05, 4.69) is 25.8 Å². The van der Waals surface area contributed by atoms with Gasteiger partial charge in [0.05, 0.1) is 5.56 Å². The zero-order valence-electron chi connectivity index (χ0n) is 15.6. The van der Waals surface area contributed by atoms with Gasteiger partial charge in [-0.05, 0) is 36.2 Å². The minimum absolute atomic E-state index is 0.0152. The highest BCUT2D eigenvalue weighted by atomic mass is 19.4. The van der Waals surface area contributed by atoms with E-state index in [4.69, 9.17) is 4.52 Å². The van der Waals surface area contributed by atoms with Crippen LogP contribution in [0.4, 0.5) is 23.7 Å². The van der Waals surface area contributed by atoms with Crippen molar-refractivity contribution in [3.63, 3.8) is 0 Å². The maximum absolute atomic E-state index is 12.8. The molecule has 0 unspecified atom stereocenters. The first-order valence-corrected chi connectivity index (χ1v) is 8.73. The van der Waals surface area contributed by atoms with Crippen molar-refractivity contribution >= 4 is 11.7 Å². The number of benzene rings is 1. The van der Waals surface area contributed by atoms with Gasteiger partial charge in [-0.3, -0.25) is 4.98 Å². The molecule has 0 aliphatic heterocycles. The van der Waals surface area contributed by atoms with Gasteiger partial charge in [-0.25, -0.2) is 4.79 Å². The minimum atomic E-state index is -4.50. The molecule has 0 fully saturated rings.